The maximum Gasteiger partial charge on any atom is 0.303 e. The van der Waals surface area contributed by atoms with E-state index in [-0.39, 0.29) is 30.9 Å². The Kier molecular flexibility index (Phi) is 7.52. The van der Waals surface area contributed by atoms with Gasteiger partial charge >= 0.3 is 5.97 Å². The van der Waals surface area contributed by atoms with E-state index in [1.54, 1.807) is 6.92 Å². The van der Waals surface area contributed by atoms with Crippen LogP contribution in [0.5, 0.6) is 0 Å². The Morgan fingerprint density at radius 2 is 2.06 bits per heavy atom. The van der Waals surface area contributed by atoms with Crippen molar-refractivity contribution in [1.82, 2.24) is 4.72 Å². The van der Waals surface area contributed by atoms with Gasteiger partial charge in [-0.05, 0) is 6.42 Å². The minimum Gasteiger partial charge on any atom is -0.481 e. The Morgan fingerprint density at radius 3 is 2.56 bits per heavy atom. The summed E-state index contributed by atoms with van der Waals surface area (Å²) < 4.78 is 35.8. The fourth-order valence-electron chi connectivity index (χ4n) is 0.941. The number of rotatable bonds is 9. The Balaban J connectivity index is 3.79. The molecule has 0 bridgehead atoms. The van der Waals surface area contributed by atoms with Gasteiger partial charge in [0.05, 0.1) is 5.75 Å². The Bertz CT molecular complexity index is 338. The van der Waals surface area contributed by atoms with Gasteiger partial charge in [-0.3, -0.25) is 9.00 Å². The number of carbonyl (C=O) groups is 1. The van der Waals surface area contributed by atoms with Crippen LogP contribution in [0.15, 0.2) is 0 Å². The van der Waals surface area contributed by atoms with E-state index in [1.807, 2.05) is 0 Å². The topological polar surface area (TPSA) is 101 Å². The summed E-state index contributed by atoms with van der Waals surface area (Å²) in [6.07, 6.45) is -0.0800. The smallest absolute Gasteiger partial charge is 0.303 e. The molecule has 2 N–H and O–H groups in total. The lowest BCUT2D eigenvalue weighted by atomic mass is 10.3. The zero-order valence-electron chi connectivity index (χ0n) is 9.14. The third-order valence-corrected chi connectivity index (χ3v) is 4.55. The van der Waals surface area contributed by atoms with Crippen LogP contribution in [0.4, 0.5) is 0 Å². The molecule has 0 radical (unpaired) electrons. The van der Waals surface area contributed by atoms with E-state index in [0.717, 1.165) is 0 Å². The highest BCUT2D eigenvalue weighted by Gasteiger charge is 2.10. The van der Waals surface area contributed by atoms with Crippen molar-refractivity contribution >= 4 is 26.8 Å². The van der Waals surface area contributed by atoms with Gasteiger partial charge in [-0.2, -0.15) is 0 Å². The van der Waals surface area contributed by atoms with Gasteiger partial charge in [0.15, 0.2) is 0 Å². The fraction of sp³-hybridized carbons (Fsp3) is 0.875. The molecule has 0 aliphatic carbocycles. The van der Waals surface area contributed by atoms with E-state index in [2.05, 4.69) is 4.72 Å². The normalized spacial score (nSPS) is 13.6. The fourth-order valence-corrected chi connectivity index (χ4v) is 2.77. The average Bonchev–Trinajstić information content (AvgIpc) is 2.16. The van der Waals surface area contributed by atoms with Crippen LogP contribution in [-0.2, 0) is 25.6 Å². The van der Waals surface area contributed by atoms with E-state index in [4.69, 9.17) is 5.11 Å². The number of aliphatic carboxylic acids is 1. The van der Waals surface area contributed by atoms with E-state index in [9.17, 15) is 17.4 Å². The van der Waals surface area contributed by atoms with Gasteiger partial charge in [0.2, 0.25) is 10.0 Å². The summed E-state index contributed by atoms with van der Waals surface area (Å²) in [5.74, 6) is -0.435. The Morgan fingerprint density at radius 1 is 1.44 bits per heavy atom. The molecule has 0 aliphatic heterocycles. The van der Waals surface area contributed by atoms with Crippen molar-refractivity contribution in [3.63, 3.8) is 0 Å². The second-order valence-electron chi connectivity index (χ2n) is 3.14. The molecule has 0 saturated carbocycles. The van der Waals surface area contributed by atoms with Crippen LogP contribution in [-0.4, -0.2) is 47.5 Å². The van der Waals surface area contributed by atoms with Crippen LogP contribution in [0.1, 0.15) is 19.8 Å². The zero-order valence-corrected chi connectivity index (χ0v) is 10.8. The van der Waals surface area contributed by atoms with E-state index < -0.39 is 26.8 Å². The molecular weight excluding hydrogens is 254 g/mol. The van der Waals surface area contributed by atoms with Gasteiger partial charge in [-0.15, -0.1) is 0 Å². The Labute approximate surface area is 97.9 Å². The van der Waals surface area contributed by atoms with Crippen LogP contribution in [0.2, 0.25) is 0 Å². The summed E-state index contributed by atoms with van der Waals surface area (Å²) in [7, 11) is -4.42. The molecule has 16 heavy (non-hydrogen) atoms. The molecule has 0 fully saturated rings. The molecule has 8 heteroatoms. The molecule has 0 heterocycles. The molecule has 96 valence electrons. The van der Waals surface area contributed by atoms with Crippen molar-refractivity contribution in [2.75, 3.05) is 23.8 Å². The van der Waals surface area contributed by atoms with Crippen LogP contribution < -0.4 is 4.72 Å². The van der Waals surface area contributed by atoms with Crippen molar-refractivity contribution in [2.45, 2.75) is 19.8 Å². The standard InChI is InChI=1S/C8H17NO5S2/c1-2-15(12)6-5-9-16(13,14)7-3-4-8(10)11/h9H,2-7H2,1H3,(H,10,11). The van der Waals surface area contributed by atoms with Gasteiger partial charge in [-0.1, -0.05) is 6.92 Å². The first-order valence-corrected chi connectivity index (χ1v) is 8.05. The highest BCUT2D eigenvalue weighted by Crippen LogP contribution is 1.94. The summed E-state index contributed by atoms with van der Waals surface area (Å²) in [5, 5.41) is 8.34. The minimum atomic E-state index is -3.43. The largest absolute Gasteiger partial charge is 0.481 e. The first-order valence-electron chi connectivity index (χ1n) is 4.91. The monoisotopic (exact) mass is 271 g/mol. The summed E-state index contributed by atoms with van der Waals surface area (Å²) in [6, 6.07) is 0. The average molecular weight is 271 g/mol. The zero-order chi connectivity index (χ0) is 12.6. The molecule has 0 amide bonds. The second-order valence-corrected chi connectivity index (χ2v) is 6.93. The lowest BCUT2D eigenvalue weighted by molar-refractivity contribution is -0.137. The summed E-state index contributed by atoms with van der Waals surface area (Å²) >= 11 is 0. The van der Waals surface area contributed by atoms with Crippen molar-refractivity contribution in [1.29, 1.82) is 0 Å². The maximum absolute atomic E-state index is 11.3. The van der Waals surface area contributed by atoms with Gasteiger partial charge in [-0.25, -0.2) is 13.1 Å². The van der Waals surface area contributed by atoms with E-state index in [0.29, 0.717) is 5.75 Å². The lowest BCUT2D eigenvalue weighted by Crippen LogP contribution is -2.30. The van der Waals surface area contributed by atoms with E-state index in [1.165, 1.54) is 0 Å². The summed E-state index contributed by atoms with van der Waals surface area (Å²) in [5.41, 5.74) is 0. The summed E-state index contributed by atoms with van der Waals surface area (Å²) in [6.45, 7) is 1.90. The van der Waals surface area contributed by atoms with E-state index >= 15 is 0 Å². The molecule has 1 unspecified atom stereocenters. The number of hydrogen-bond acceptors (Lipinski definition) is 4. The number of carboxylic acids is 1. The highest BCUT2D eigenvalue weighted by atomic mass is 32.2. The van der Waals surface area contributed by atoms with Gasteiger partial charge < -0.3 is 5.11 Å². The highest BCUT2D eigenvalue weighted by molar-refractivity contribution is 7.89. The third-order valence-electron chi connectivity index (χ3n) is 1.78. The molecule has 0 aromatic carbocycles. The van der Waals surface area contributed by atoms with Crippen molar-refractivity contribution in [3.8, 4) is 0 Å². The van der Waals surface area contributed by atoms with Gasteiger partial charge in [0.25, 0.3) is 0 Å². The Hall–Kier alpha value is -0.470. The van der Waals surface area contributed by atoms with Crippen molar-refractivity contribution < 1.29 is 22.5 Å². The molecule has 6 nitrogen and oxygen atoms in total. The molecule has 0 aromatic rings. The van der Waals surface area contributed by atoms with Crippen LogP contribution in [0, 0.1) is 0 Å². The molecule has 1 atom stereocenters. The third kappa shape index (κ3) is 8.81. The van der Waals surface area contributed by atoms with Crippen molar-refractivity contribution in [2.24, 2.45) is 0 Å². The predicted octanol–water partition coefficient (Wildman–Crippen LogP) is -0.461. The number of sulfonamides is 1. The number of carboxylic acid groups (broad SMARTS) is 1. The molecule has 0 aliphatic rings. The minimum absolute atomic E-state index is 0.0849. The first kappa shape index (κ1) is 15.5. The predicted molar refractivity (Wildman–Crippen MR) is 62.2 cm³/mol. The SMILES string of the molecule is CCS(=O)CCNS(=O)(=O)CCCC(=O)O. The van der Waals surface area contributed by atoms with Crippen molar-refractivity contribution in [3.05, 3.63) is 0 Å². The molecule has 0 rings (SSSR count). The lowest BCUT2D eigenvalue weighted by Gasteiger charge is -2.05. The number of nitrogens with one attached hydrogen (secondary N) is 1. The summed E-state index contributed by atoms with van der Waals surface area (Å²) in [4.78, 5) is 10.2. The first-order chi connectivity index (χ1) is 7.37. The van der Waals surface area contributed by atoms with Crippen LogP contribution in [0.25, 0.3) is 0 Å². The van der Waals surface area contributed by atoms with Gasteiger partial charge in [0, 0.05) is 35.3 Å². The van der Waals surface area contributed by atoms with Crippen LogP contribution in [0.3, 0.4) is 0 Å². The molecular formula is C8H17NO5S2. The van der Waals surface area contributed by atoms with Crippen LogP contribution >= 0.6 is 0 Å². The number of hydrogen-bond donors (Lipinski definition) is 2. The quantitative estimate of drug-likeness (QED) is 0.591. The maximum atomic E-state index is 11.3. The second kappa shape index (κ2) is 7.75. The van der Waals surface area contributed by atoms with Gasteiger partial charge in [0.1, 0.15) is 0 Å². The molecule has 0 aromatic heterocycles. The molecule has 0 spiro atoms. The molecule has 0 saturated heterocycles.